The van der Waals surface area contributed by atoms with Gasteiger partial charge in [-0.25, -0.2) is 4.79 Å². The highest BCUT2D eigenvalue weighted by Crippen LogP contribution is 2.07. The van der Waals surface area contributed by atoms with Crippen LogP contribution in [0.25, 0.3) is 0 Å². The summed E-state index contributed by atoms with van der Waals surface area (Å²) in [5.74, 6) is -0.963. The zero-order valence-corrected chi connectivity index (χ0v) is 8.73. The number of aryl methyl sites for hydroxylation is 1. The number of hydrogen-bond donors (Lipinski definition) is 1. The lowest BCUT2D eigenvalue weighted by atomic mass is 10.3. The number of carboxylic acids is 1. The van der Waals surface area contributed by atoms with Crippen molar-refractivity contribution >= 4 is 17.7 Å². The summed E-state index contributed by atoms with van der Waals surface area (Å²) in [7, 11) is 0. The van der Waals surface area contributed by atoms with Gasteiger partial charge < -0.3 is 5.11 Å². The van der Waals surface area contributed by atoms with Gasteiger partial charge in [-0.1, -0.05) is 0 Å². The first-order valence-corrected chi connectivity index (χ1v) is 4.93. The Kier molecular flexibility index (Phi) is 2.46. The lowest BCUT2D eigenvalue weighted by molar-refractivity contribution is 0.0696. The average molecular weight is 224 g/mol. The molecule has 0 unspecified atom stereocenters. The van der Waals surface area contributed by atoms with Gasteiger partial charge in [0.2, 0.25) is 0 Å². The van der Waals surface area contributed by atoms with Crippen molar-refractivity contribution in [2.75, 3.05) is 0 Å². The first kappa shape index (κ1) is 9.78. The number of aromatic nitrogens is 4. The molecule has 0 aliphatic heterocycles. The maximum Gasteiger partial charge on any atom is 0.339 e. The molecule has 7 heteroatoms. The molecule has 0 saturated carbocycles. The maximum absolute atomic E-state index is 10.8. The first-order chi connectivity index (χ1) is 7.16. The van der Waals surface area contributed by atoms with E-state index in [1.165, 1.54) is 6.20 Å². The highest BCUT2D eigenvalue weighted by atomic mass is 32.1. The molecule has 2 rings (SSSR count). The van der Waals surface area contributed by atoms with Crippen LogP contribution in [0.5, 0.6) is 0 Å². The largest absolute Gasteiger partial charge is 0.478 e. The van der Waals surface area contributed by atoms with E-state index in [0.717, 1.165) is 17.4 Å². The van der Waals surface area contributed by atoms with Crippen molar-refractivity contribution < 1.29 is 9.90 Å². The van der Waals surface area contributed by atoms with Crippen LogP contribution in [0.3, 0.4) is 0 Å². The molecule has 0 amide bonds. The molecule has 2 heterocycles. The second-order valence-electron chi connectivity index (χ2n) is 3.03. The van der Waals surface area contributed by atoms with Crippen molar-refractivity contribution in [1.82, 2.24) is 18.5 Å². The van der Waals surface area contributed by atoms with E-state index in [9.17, 15) is 4.79 Å². The predicted molar refractivity (Wildman–Crippen MR) is 52.9 cm³/mol. The summed E-state index contributed by atoms with van der Waals surface area (Å²) in [6.07, 6.45) is 3.14. The van der Waals surface area contributed by atoms with Crippen LogP contribution in [0, 0.1) is 6.92 Å². The van der Waals surface area contributed by atoms with Crippen LogP contribution in [0.15, 0.2) is 12.4 Å². The van der Waals surface area contributed by atoms with Crippen LogP contribution in [-0.2, 0) is 6.54 Å². The molecule has 0 atom stereocenters. The molecule has 0 aliphatic carbocycles. The van der Waals surface area contributed by atoms with Crippen molar-refractivity contribution in [3.63, 3.8) is 0 Å². The second-order valence-corrected chi connectivity index (χ2v) is 3.59. The standard InChI is InChI=1S/C8H8N4O2S/c1-5-7(8(13)14)4-12(10-5)3-6-2-9-15-11-6/h2,4H,3H2,1H3,(H,13,14). The van der Waals surface area contributed by atoms with Gasteiger partial charge in [0.05, 0.1) is 35.9 Å². The number of rotatable bonds is 3. The number of carboxylic acid groups (broad SMARTS) is 1. The van der Waals surface area contributed by atoms with Crippen LogP contribution >= 0.6 is 11.7 Å². The Labute approximate surface area is 89.5 Å². The van der Waals surface area contributed by atoms with E-state index in [1.807, 2.05) is 0 Å². The fourth-order valence-corrected chi connectivity index (χ4v) is 1.65. The Bertz CT molecular complexity index is 477. The van der Waals surface area contributed by atoms with Gasteiger partial charge in [0, 0.05) is 6.20 Å². The summed E-state index contributed by atoms with van der Waals surface area (Å²) >= 11 is 1.12. The quantitative estimate of drug-likeness (QED) is 0.833. The van der Waals surface area contributed by atoms with E-state index < -0.39 is 5.97 Å². The Morgan fingerprint density at radius 1 is 1.67 bits per heavy atom. The maximum atomic E-state index is 10.8. The second kappa shape index (κ2) is 3.77. The van der Waals surface area contributed by atoms with Gasteiger partial charge in [0.15, 0.2) is 0 Å². The summed E-state index contributed by atoms with van der Waals surface area (Å²) in [4.78, 5) is 10.8. The van der Waals surface area contributed by atoms with E-state index in [2.05, 4.69) is 13.8 Å². The third-order valence-electron chi connectivity index (χ3n) is 1.91. The number of aromatic carboxylic acids is 1. The highest BCUT2D eigenvalue weighted by Gasteiger charge is 2.12. The van der Waals surface area contributed by atoms with Gasteiger partial charge in [0.25, 0.3) is 0 Å². The van der Waals surface area contributed by atoms with Gasteiger partial charge in [-0.2, -0.15) is 13.8 Å². The van der Waals surface area contributed by atoms with Crippen LogP contribution in [0.2, 0.25) is 0 Å². The highest BCUT2D eigenvalue weighted by molar-refractivity contribution is 6.99. The van der Waals surface area contributed by atoms with Gasteiger partial charge in [-0.15, -0.1) is 0 Å². The molecule has 2 aromatic rings. The molecule has 6 nitrogen and oxygen atoms in total. The van der Waals surface area contributed by atoms with Crippen molar-refractivity contribution in [3.05, 3.63) is 29.3 Å². The summed E-state index contributed by atoms with van der Waals surface area (Å²) < 4.78 is 9.42. The van der Waals surface area contributed by atoms with Gasteiger partial charge in [-0.05, 0) is 6.92 Å². The molecule has 0 aromatic carbocycles. The van der Waals surface area contributed by atoms with Crippen LogP contribution in [-0.4, -0.2) is 29.6 Å². The van der Waals surface area contributed by atoms with E-state index in [-0.39, 0.29) is 5.56 Å². The minimum absolute atomic E-state index is 0.221. The number of hydrogen-bond acceptors (Lipinski definition) is 5. The molecule has 2 aromatic heterocycles. The minimum Gasteiger partial charge on any atom is -0.478 e. The van der Waals surface area contributed by atoms with E-state index >= 15 is 0 Å². The molecular weight excluding hydrogens is 216 g/mol. The Morgan fingerprint density at radius 2 is 2.47 bits per heavy atom. The summed E-state index contributed by atoms with van der Waals surface area (Å²) in [6.45, 7) is 2.11. The molecular formula is C8H8N4O2S. The normalized spacial score (nSPS) is 10.5. The summed E-state index contributed by atoms with van der Waals surface area (Å²) in [5.41, 5.74) is 1.50. The third-order valence-corrected chi connectivity index (χ3v) is 2.42. The number of carbonyl (C=O) groups is 1. The molecule has 0 aliphatic rings. The SMILES string of the molecule is Cc1nn(Cc2cnsn2)cc1C(=O)O. The predicted octanol–water partition coefficient (Wildman–Crippen LogP) is 0.790. The van der Waals surface area contributed by atoms with Crippen molar-refractivity contribution in [2.24, 2.45) is 0 Å². The Hall–Kier alpha value is -1.76. The molecule has 15 heavy (non-hydrogen) atoms. The molecule has 0 fully saturated rings. The monoisotopic (exact) mass is 224 g/mol. The zero-order valence-electron chi connectivity index (χ0n) is 7.91. The molecule has 0 bridgehead atoms. The fraction of sp³-hybridized carbons (Fsp3) is 0.250. The lowest BCUT2D eigenvalue weighted by Gasteiger charge is -1.94. The molecule has 0 radical (unpaired) electrons. The third kappa shape index (κ3) is 2.01. The molecule has 0 saturated heterocycles. The minimum atomic E-state index is -0.963. The van der Waals surface area contributed by atoms with Crippen LogP contribution < -0.4 is 0 Å². The van der Waals surface area contributed by atoms with Crippen molar-refractivity contribution in [3.8, 4) is 0 Å². The van der Waals surface area contributed by atoms with Gasteiger partial charge in [-0.3, -0.25) is 4.68 Å². The van der Waals surface area contributed by atoms with E-state index in [4.69, 9.17) is 5.11 Å². The first-order valence-electron chi connectivity index (χ1n) is 4.20. The van der Waals surface area contributed by atoms with Gasteiger partial charge in [0.1, 0.15) is 5.56 Å². The topological polar surface area (TPSA) is 80.9 Å². The van der Waals surface area contributed by atoms with Crippen LogP contribution in [0.4, 0.5) is 0 Å². The van der Waals surface area contributed by atoms with Crippen LogP contribution in [0.1, 0.15) is 21.7 Å². The van der Waals surface area contributed by atoms with Gasteiger partial charge >= 0.3 is 5.97 Å². The average Bonchev–Trinajstić information content (AvgIpc) is 2.75. The zero-order chi connectivity index (χ0) is 10.8. The number of nitrogens with zero attached hydrogens (tertiary/aromatic N) is 4. The smallest absolute Gasteiger partial charge is 0.339 e. The molecule has 1 N–H and O–H groups in total. The van der Waals surface area contributed by atoms with Crippen molar-refractivity contribution in [1.29, 1.82) is 0 Å². The lowest BCUT2D eigenvalue weighted by Crippen LogP contribution is -2.00. The Balaban J connectivity index is 2.23. The molecule has 78 valence electrons. The fourth-order valence-electron chi connectivity index (χ4n) is 1.23. The Morgan fingerprint density at radius 3 is 3.00 bits per heavy atom. The van der Waals surface area contributed by atoms with E-state index in [0.29, 0.717) is 12.2 Å². The summed E-state index contributed by atoms with van der Waals surface area (Å²) in [6, 6.07) is 0. The van der Waals surface area contributed by atoms with E-state index in [1.54, 1.807) is 17.8 Å². The summed E-state index contributed by atoms with van der Waals surface area (Å²) in [5, 5.41) is 12.9. The van der Waals surface area contributed by atoms with Crippen molar-refractivity contribution in [2.45, 2.75) is 13.5 Å². The molecule has 0 spiro atoms.